The fraction of sp³-hybridized carbons (Fsp3) is 0.438. The number of rotatable bonds is 3. The third kappa shape index (κ3) is 2.61. The van der Waals surface area contributed by atoms with Crippen molar-refractivity contribution in [2.24, 2.45) is 11.8 Å². The first kappa shape index (κ1) is 14.7. The van der Waals surface area contributed by atoms with E-state index in [9.17, 15) is 14.0 Å². The zero-order valence-electron chi connectivity index (χ0n) is 12.2. The molecule has 0 saturated carbocycles. The lowest BCUT2D eigenvalue weighted by Crippen LogP contribution is -2.45. The Kier molecular flexibility index (Phi) is 3.92. The van der Waals surface area contributed by atoms with Crippen molar-refractivity contribution >= 4 is 11.8 Å². The molecule has 2 aliphatic rings. The van der Waals surface area contributed by atoms with Gasteiger partial charge in [-0.1, -0.05) is 6.08 Å². The van der Waals surface area contributed by atoms with Crippen LogP contribution in [0, 0.1) is 17.8 Å². The second-order valence-corrected chi connectivity index (χ2v) is 5.81. The maximum atomic E-state index is 13.2. The molecule has 3 heterocycles. The molecular formula is C16H18FN3O2. The van der Waals surface area contributed by atoms with Crippen LogP contribution in [0.25, 0.3) is 0 Å². The number of hydrogen-bond donors (Lipinski definition) is 0. The molecule has 6 heteroatoms. The summed E-state index contributed by atoms with van der Waals surface area (Å²) in [6.07, 6.45) is 3.89. The van der Waals surface area contributed by atoms with Crippen molar-refractivity contribution in [1.82, 2.24) is 14.8 Å². The molecule has 22 heavy (non-hydrogen) atoms. The van der Waals surface area contributed by atoms with Gasteiger partial charge in [0.2, 0.25) is 11.9 Å². The average molecular weight is 303 g/mol. The minimum atomic E-state index is -0.671. The summed E-state index contributed by atoms with van der Waals surface area (Å²) in [7, 11) is 0. The van der Waals surface area contributed by atoms with Gasteiger partial charge in [0.25, 0.3) is 5.91 Å². The molecule has 0 aliphatic carbocycles. The molecule has 0 bridgehead atoms. The Hall–Kier alpha value is -2.24. The predicted octanol–water partition coefficient (Wildman–Crippen LogP) is 1.33. The van der Waals surface area contributed by atoms with Crippen LogP contribution in [0.2, 0.25) is 0 Å². The molecule has 0 radical (unpaired) electrons. The van der Waals surface area contributed by atoms with Crippen molar-refractivity contribution in [1.29, 1.82) is 0 Å². The number of piperidine rings is 1. The Morgan fingerprint density at radius 2 is 2.32 bits per heavy atom. The van der Waals surface area contributed by atoms with Gasteiger partial charge in [-0.25, -0.2) is 4.98 Å². The molecule has 1 aromatic heterocycles. The normalized spacial score (nSPS) is 24.3. The molecule has 2 aliphatic heterocycles. The molecule has 116 valence electrons. The van der Waals surface area contributed by atoms with Crippen LogP contribution in [0.1, 0.15) is 16.8 Å². The SMILES string of the molecule is C=CCN1CCC2CN(C(=O)c3ccnc(F)c3)CC2C1=O. The molecule has 1 aromatic rings. The zero-order valence-corrected chi connectivity index (χ0v) is 12.2. The Balaban J connectivity index is 1.73. The van der Waals surface area contributed by atoms with Crippen molar-refractivity contribution in [2.45, 2.75) is 6.42 Å². The molecule has 5 nitrogen and oxygen atoms in total. The summed E-state index contributed by atoms with van der Waals surface area (Å²) in [5.41, 5.74) is 0.279. The van der Waals surface area contributed by atoms with Gasteiger partial charge in [0, 0.05) is 44.0 Å². The van der Waals surface area contributed by atoms with Gasteiger partial charge in [-0.05, 0) is 18.4 Å². The topological polar surface area (TPSA) is 53.5 Å². The summed E-state index contributed by atoms with van der Waals surface area (Å²) >= 11 is 0. The van der Waals surface area contributed by atoms with Gasteiger partial charge < -0.3 is 9.80 Å². The number of pyridine rings is 1. The van der Waals surface area contributed by atoms with E-state index < -0.39 is 5.95 Å². The van der Waals surface area contributed by atoms with Crippen LogP contribution >= 0.6 is 0 Å². The number of aromatic nitrogens is 1. The predicted molar refractivity (Wildman–Crippen MR) is 78.5 cm³/mol. The van der Waals surface area contributed by atoms with Gasteiger partial charge in [-0.15, -0.1) is 6.58 Å². The van der Waals surface area contributed by atoms with Crippen LogP contribution in [0.3, 0.4) is 0 Å². The largest absolute Gasteiger partial charge is 0.339 e. The molecular weight excluding hydrogens is 285 g/mol. The van der Waals surface area contributed by atoms with Crippen LogP contribution in [0.15, 0.2) is 31.0 Å². The summed E-state index contributed by atoms with van der Waals surface area (Å²) in [5.74, 6) is -0.768. The zero-order chi connectivity index (χ0) is 15.7. The van der Waals surface area contributed by atoms with Crippen molar-refractivity contribution in [3.8, 4) is 0 Å². The van der Waals surface area contributed by atoms with Crippen molar-refractivity contribution in [3.63, 3.8) is 0 Å². The lowest BCUT2D eigenvalue weighted by molar-refractivity contribution is -0.138. The van der Waals surface area contributed by atoms with Crippen molar-refractivity contribution in [2.75, 3.05) is 26.2 Å². The molecule has 2 unspecified atom stereocenters. The molecule has 2 atom stereocenters. The van der Waals surface area contributed by atoms with E-state index in [4.69, 9.17) is 0 Å². The maximum Gasteiger partial charge on any atom is 0.254 e. The maximum absolute atomic E-state index is 13.2. The molecule has 0 N–H and O–H groups in total. The Bertz CT molecular complexity index is 619. The Labute approximate surface area is 128 Å². The van der Waals surface area contributed by atoms with Crippen LogP contribution < -0.4 is 0 Å². The highest BCUT2D eigenvalue weighted by Gasteiger charge is 2.43. The molecule has 2 fully saturated rings. The number of hydrogen-bond acceptors (Lipinski definition) is 3. The quantitative estimate of drug-likeness (QED) is 0.625. The molecule has 2 saturated heterocycles. The first-order valence-electron chi connectivity index (χ1n) is 7.40. The fourth-order valence-corrected chi connectivity index (χ4v) is 3.33. The number of likely N-dealkylation sites (tertiary alicyclic amines) is 2. The van der Waals surface area contributed by atoms with E-state index in [1.807, 2.05) is 0 Å². The van der Waals surface area contributed by atoms with Gasteiger partial charge in [-0.3, -0.25) is 9.59 Å². The highest BCUT2D eigenvalue weighted by molar-refractivity contribution is 5.95. The average Bonchev–Trinajstić information content (AvgIpc) is 2.94. The Morgan fingerprint density at radius 1 is 1.50 bits per heavy atom. The Morgan fingerprint density at radius 3 is 3.05 bits per heavy atom. The van der Waals surface area contributed by atoms with Crippen LogP contribution in [0.4, 0.5) is 4.39 Å². The summed E-state index contributed by atoms with van der Waals surface area (Å²) in [6, 6.07) is 2.63. The number of nitrogens with zero attached hydrogens (tertiary/aromatic N) is 3. The van der Waals surface area contributed by atoms with E-state index in [-0.39, 0.29) is 29.2 Å². The third-order valence-corrected chi connectivity index (χ3v) is 4.45. The highest BCUT2D eigenvalue weighted by atomic mass is 19.1. The number of amides is 2. The van der Waals surface area contributed by atoms with Crippen molar-refractivity contribution < 1.29 is 14.0 Å². The number of carbonyl (C=O) groups is 2. The van der Waals surface area contributed by atoms with E-state index in [2.05, 4.69) is 11.6 Å². The van der Waals surface area contributed by atoms with Crippen LogP contribution in [-0.4, -0.2) is 52.8 Å². The van der Waals surface area contributed by atoms with Gasteiger partial charge in [-0.2, -0.15) is 4.39 Å². The first-order chi connectivity index (χ1) is 10.6. The van der Waals surface area contributed by atoms with Gasteiger partial charge in [0.05, 0.1) is 5.92 Å². The second kappa shape index (κ2) is 5.87. The van der Waals surface area contributed by atoms with Gasteiger partial charge >= 0.3 is 0 Å². The molecule has 0 aromatic carbocycles. The second-order valence-electron chi connectivity index (χ2n) is 5.81. The van der Waals surface area contributed by atoms with E-state index in [0.29, 0.717) is 26.2 Å². The number of fused-ring (bicyclic) bond motifs is 1. The lowest BCUT2D eigenvalue weighted by Gasteiger charge is -2.32. The summed E-state index contributed by atoms with van der Waals surface area (Å²) < 4.78 is 13.2. The van der Waals surface area contributed by atoms with E-state index >= 15 is 0 Å². The third-order valence-electron chi connectivity index (χ3n) is 4.45. The lowest BCUT2D eigenvalue weighted by atomic mass is 9.88. The molecule has 0 spiro atoms. The smallest absolute Gasteiger partial charge is 0.254 e. The minimum absolute atomic E-state index is 0.0901. The number of halogens is 1. The van der Waals surface area contributed by atoms with Crippen LogP contribution in [0.5, 0.6) is 0 Å². The summed E-state index contributed by atoms with van der Waals surface area (Å²) in [6.45, 7) is 5.88. The van der Waals surface area contributed by atoms with Crippen molar-refractivity contribution in [3.05, 3.63) is 42.5 Å². The first-order valence-corrected chi connectivity index (χ1v) is 7.40. The summed E-state index contributed by atoms with van der Waals surface area (Å²) in [4.78, 5) is 31.8. The fourth-order valence-electron chi connectivity index (χ4n) is 3.33. The van der Waals surface area contributed by atoms with Crippen LogP contribution in [-0.2, 0) is 4.79 Å². The van der Waals surface area contributed by atoms with E-state index in [1.54, 1.807) is 15.9 Å². The van der Waals surface area contributed by atoms with E-state index in [0.717, 1.165) is 12.5 Å². The van der Waals surface area contributed by atoms with Gasteiger partial charge in [0.15, 0.2) is 0 Å². The molecule has 2 amide bonds. The monoisotopic (exact) mass is 303 g/mol. The summed E-state index contributed by atoms with van der Waals surface area (Å²) in [5, 5.41) is 0. The number of carbonyl (C=O) groups excluding carboxylic acids is 2. The minimum Gasteiger partial charge on any atom is -0.339 e. The standard InChI is InChI=1S/C16H18FN3O2/c1-2-6-19-7-4-12-9-20(10-13(12)16(19)22)15(21)11-3-5-18-14(17)8-11/h2-3,5,8,12-13H,1,4,6-7,9-10H2. The van der Waals surface area contributed by atoms with E-state index in [1.165, 1.54) is 12.3 Å². The van der Waals surface area contributed by atoms with Gasteiger partial charge in [0.1, 0.15) is 0 Å². The molecule has 3 rings (SSSR count). The highest BCUT2D eigenvalue weighted by Crippen LogP contribution is 2.32.